The van der Waals surface area contributed by atoms with Gasteiger partial charge >= 0.3 is 0 Å². The predicted molar refractivity (Wildman–Crippen MR) is 76.3 cm³/mol. The van der Waals surface area contributed by atoms with Crippen LogP contribution >= 0.6 is 0 Å². The number of hydrogen-bond acceptors (Lipinski definition) is 3. The lowest BCUT2D eigenvalue weighted by Crippen LogP contribution is -2.29. The van der Waals surface area contributed by atoms with Gasteiger partial charge in [0.25, 0.3) is 5.91 Å². The second kappa shape index (κ2) is 7.09. The number of carbonyl (C=O) groups is 1. The molecule has 0 bridgehead atoms. The van der Waals surface area contributed by atoms with E-state index in [2.05, 4.69) is 11.8 Å². The van der Waals surface area contributed by atoms with Crippen LogP contribution in [0.4, 0.5) is 0 Å². The molecule has 1 heterocycles. The van der Waals surface area contributed by atoms with Gasteiger partial charge < -0.3 is 14.7 Å². The third kappa shape index (κ3) is 3.60. The Morgan fingerprint density at radius 3 is 3.15 bits per heavy atom. The lowest BCUT2D eigenvalue weighted by atomic mass is 10.1. The molecule has 20 heavy (non-hydrogen) atoms. The second-order valence-electron chi connectivity index (χ2n) is 4.90. The predicted octanol–water partition coefficient (Wildman–Crippen LogP) is 1.14. The van der Waals surface area contributed by atoms with Gasteiger partial charge in [-0.3, -0.25) is 4.79 Å². The van der Waals surface area contributed by atoms with E-state index >= 15 is 0 Å². The zero-order valence-electron chi connectivity index (χ0n) is 11.6. The van der Waals surface area contributed by atoms with Gasteiger partial charge in [0.15, 0.2) is 0 Å². The van der Waals surface area contributed by atoms with Crippen molar-refractivity contribution < 1.29 is 14.6 Å². The Kier molecular flexibility index (Phi) is 5.16. The average Bonchev–Trinajstić information content (AvgIpc) is 2.93. The molecule has 1 N–H and O–H groups in total. The van der Waals surface area contributed by atoms with Crippen molar-refractivity contribution in [3.8, 4) is 11.8 Å². The molecule has 4 heteroatoms. The van der Waals surface area contributed by atoms with Gasteiger partial charge in [-0.25, -0.2) is 0 Å². The lowest BCUT2D eigenvalue weighted by Gasteiger charge is -2.16. The minimum Gasteiger partial charge on any atom is -0.384 e. The van der Waals surface area contributed by atoms with Crippen molar-refractivity contribution in [1.29, 1.82) is 0 Å². The molecule has 0 radical (unpaired) electrons. The standard InChI is InChI=1S/C16H19NO3/c1-20-12-14-7-8-17(11-14)16(19)15-6-2-4-13(10-15)5-3-9-18/h2,4,6,10,14,18H,7-9,11-12H2,1H3. The molecule has 1 aliphatic rings. The maximum absolute atomic E-state index is 12.4. The van der Waals surface area contributed by atoms with E-state index in [0.29, 0.717) is 18.1 Å². The highest BCUT2D eigenvalue weighted by molar-refractivity contribution is 5.94. The maximum atomic E-state index is 12.4. The van der Waals surface area contributed by atoms with Crippen LogP contribution in [-0.2, 0) is 4.74 Å². The van der Waals surface area contributed by atoms with Crippen LogP contribution in [0.15, 0.2) is 24.3 Å². The fourth-order valence-corrected chi connectivity index (χ4v) is 2.44. The first-order valence-corrected chi connectivity index (χ1v) is 6.72. The Labute approximate surface area is 119 Å². The van der Waals surface area contributed by atoms with E-state index in [1.165, 1.54) is 0 Å². The summed E-state index contributed by atoms with van der Waals surface area (Å²) in [5.74, 6) is 5.88. The summed E-state index contributed by atoms with van der Waals surface area (Å²) in [5, 5.41) is 8.70. The molecule has 1 aliphatic heterocycles. The molecule has 1 fully saturated rings. The van der Waals surface area contributed by atoms with Crippen LogP contribution in [0, 0.1) is 17.8 Å². The third-order valence-corrected chi connectivity index (χ3v) is 3.40. The monoisotopic (exact) mass is 273 g/mol. The molecule has 1 amide bonds. The quantitative estimate of drug-likeness (QED) is 0.840. The number of benzene rings is 1. The summed E-state index contributed by atoms with van der Waals surface area (Å²) >= 11 is 0. The number of aliphatic hydroxyl groups excluding tert-OH is 1. The number of methoxy groups -OCH3 is 1. The van der Waals surface area contributed by atoms with Crippen LogP contribution in [0.1, 0.15) is 22.3 Å². The van der Waals surface area contributed by atoms with Crippen molar-refractivity contribution in [3.63, 3.8) is 0 Å². The number of aliphatic hydroxyl groups is 1. The molecule has 1 unspecified atom stereocenters. The number of hydrogen-bond donors (Lipinski definition) is 1. The van der Waals surface area contributed by atoms with Gasteiger partial charge in [0.2, 0.25) is 0 Å². The van der Waals surface area contributed by atoms with Crippen LogP contribution in [0.5, 0.6) is 0 Å². The van der Waals surface area contributed by atoms with Crippen LogP contribution in [0.2, 0.25) is 0 Å². The molecule has 1 saturated heterocycles. The minimum atomic E-state index is -0.178. The third-order valence-electron chi connectivity index (χ3n) is 3.40. The molecule has 0 aromatic heterocycles. The second-order valence-corrected chi connectivity index (χ2v) is 4.90. The van der Waals surface area contributed by atoms with Gasteiger partial charge in [0, 0.05) is 37.2 Å². The van der Waals surface area contributed by atoms with Crippen molar-refractivity contribution in [2.45, 2.75) is 6.42 Å². The first-order valence-electron chi connectivity index (χ1n) is 6.72. The van der Waals surface area contributed by atoms with Crippen molar-refractivity contribution in [2.75, 3.05) is 33.4 Å². The smallest absolute Gasteiger partial charge is 0.253 e. The molecule has 2 rings (SSSR count). The van der Waals surface area contributed by atoms with Crippen molar-refractivity contribution in [1.82, 2.24) is 4.90 Å². The Hall–Kier alpha value is -1.83. The molecule has 1 aromatic carbocycles. The summed E-state index contributed by atoms with van der Waals surface area (Å²) in [6.07, 6.45) is 0.990. The fourth-order valence-electron chi connectivity index (χ4n) is 2.44. The van der Waals surface area contributed by atoms with E-state index in [-0.39, 0.29) is 12.5 Å². The van der Waals surface area contributed by atoms with Crippen molar-refractivity contribution in [3.05, 3.63) is 35.4 Å². The summed E-state index contributed by atoms with van der Waals surface area (Å²) in [4.78, 5) is 14.3. The molecule has 0 saturated carbocycles. The minimum absolute atomic E-state index is 0.0382. The summed E-state index contributed by atoms with van der Waals surface area (Å²) in [6, 6.07) is 7.22. The normalized spacial score (nSPS) is 17.7. The number of carbonyl (C=O) groups excluding carboxylic acids is 1. The molecule has 1 atom stereocenters. The summed E-state index contributed by atoms with van der Waals surface area (Å²) in [5.41, 5.74) is 1.39. The topological polar surface area (TPSA) is 49.8 Å². The largest absolute Gasteiger partial charge is 0.384 e. The summed E-state index contributed by atoms with van der Waals surface area (Å²) in [6.45, 7) is 2.05. The van der Waals surface area contributed by atoms with E-state index in [1.807, 2.05) is 17.0 Å². The summed E-state index contributed by atoms with van der Waals surface area (Å²) in [7, 11) is 1.69. The fraction of sp³-hybridized carbons (Fsp3) is 0.438. The van der Waals surface area contributed by atoms with E-state index in [9.17, 15) is 4.79 Å². The van der Waals surface area contributed by atoms with E-state index < -0.39 is 0 Å². The molecule has 106 valence electrons. The number of likely N-dealkylation sites (tertiary alicyclic amines) is 1. The first-order chi connectivity index (χ1) is 9.74. The van der Waals surface area contributed by atoms with E-state index in [4.69, 9.17) is 9.84 Å². The highest BCUT2D eigenvalue weighted by Crippen LogP contribution is 2.19. The van der Waals surface area contributed by atoms with Crippen molar-refractivity contribution in [2.24, 2.45) is 5.92 Å². The Morgan fingerprint density at radius 2 is 2.40 bits per heavy atom. The average molecular weight is 273 g/mol. The Bertz CT molecular complexity index is 530. The highest BCUT2D eigenvalue weighted by Gasteiger charge is 2.26. The van der Waals surface area contributed by atoms with Crippen LogP contribution in [-0.4, -0.2) is 49.3 Å². The highest BCUT2D eigenvalue weighted by atomic mass is 16.5. The molecule has 0 aliphatic carbocycles. The maximum Gasteiger partial charge on any atom is 0.253 e. The first kappa shape index (κ1) is 14.6. The number of amides is 1. The Balaban J connectivity index is 2.06. The molecule has 0 spiro atoms. The van der Waals surface area contributed by atoms with Gasteiger partial charge in [-0.1, -0.05) is 17.9 Å². The Morgan fingerprint density at radius 1 is 1.55 bits per heavy atom. The zero-order chi connectivity index (χ0) is 14.4. The van der Waals surface area contributed by atoms with Crippen molar-refractivity contribution >= 4 is 5.91 Å². The van der Waals surface area contributed by atoms with Gasteiger partial charge in [0.05, 0.1) is 6.61 Å². The molecule has 4 nitrogen and oxygen atoms in total. The molecule has 1 aromatic rings. The number of nitrogens with zero attached hydrogens (tertiary/aromatic N) is 1. The SMILES string of the molecule is COCC1CCN(C(=O)c2cccc(C#CCO)c2)C1. The molecular weight excluding hydrogens is 254 g/mol. The van der Waals surface area contributed by atoms with Gasteiger partial charge in [-0.15, -0.1) is 0 Å². The van der Waals surface area contributed by atoms with Crippen LogP contribution in [0.3, 0.4) is 0 Å². The lowest BCUT2D eigenvalue weighted by molar-refractivity contribution is 0.0775. The van der Waals surface area contributed by atoms with Gasteiger partial charge in [-0.05, 0) is 24.6 Å². The number of rotatable bonds is 3. The molecular formula is C16H19NO3. The van der Waals surface area contributed by atoms with Crippen LogP contribution in [0.25, 0.3) is 0 Å². The summed E-state index contributed by atoms with van der Waals surface area (Å²) < 4.78 is 5.14. The van der Waals surface area contributed by atoms with Crippen LogP contribution < -0.4 is 0 Å². The zero-order valence-corrected chi connectivity index (χ0v) is 11.6. The van der Waals surface area contributed by atoms with E-state index in [1.54, 1.807) is 19.2 Å². The van der Waals surface area contributed by atoms with Gasteiger partial charge in [0.1, 0.15) is 6.61 Å². The van der Waals surface area contributed by atoms with E-state index in [0.717, 1.165) is 25.1 Å². The number of ether oxygens (including phenoxy) is 1. The van der Waals surface area contributed by atoms with Gasteiger partial charge in [-0.2, -0.15) is 0 Å².